The Kier molecular flexibility index (Phi) is 14.1. The first-order valence-corrected chi connectivity index (χ1v) is 22.7. The van der Waals surface area contributed by atoms with Gasteiger partial charge in [-0.3, -0.25) is 0 Å². The van der Waals surface area contributed by atoms with Gasteiger partial charge < -0.3 is 9.80 Å². The third kappa shape index (κ3) is 9.44. The monoisotopic (exact) mass is 757 g/mol. The molecule has 0 heterocycles. The first-order valence-electron chi connectivity index (χ1n) is 22.7. The van der Waals surface area contributed by atoms with E-state index in [4.69, 9.17) is 0 Å². The second-order valence-corrected chi connectivity index (χ2v) is 17.2. The van der Waals surface area contributed by atoms with Crippen LogP contribution in [0.25, 0.3) is 11.1 Å². The summed E-state index contributed by atoms with van der Waals surface area (Å²) in [6, 6.07) is 35.5. The molecule has 57 heavy (non-hydrogen) atoms. The van der Waals surface area contributed by atoms with Crippen molar-refractivity contribution in [1.82, 2.24) is 0 Å². The second kappa shape index (κ2) is 19.7. The summed E-state index contributed by atoms with van der Waals surface area (Å²) in [5, 5.41) is 0. The van der Waals surface area contributed by atoms with E-state index in [2.05, 4.69) is 165 Å². The van der Waals surface area contributed by atoms with E-state index in [1.54, 1.807) is 11.1 Å². The van der Waals surface area contributed by atoms with E-state index in [1.807, 2.05) is 0 Å². The summed E-state index contributed by atoms with van der Waals surface area (Å²) in [6.07, 6.45) is 35.6. The highest BCUT2D eigenvalue weighted by molar-refractivity contribution is 5.87. The summed E-state index contributed by atoms with van der Waals surface area (Å²) < 4.78 is 0. The number of unbranched alkanes of at least 4 members (excludes halogenated alkanes) is 10. The van der Waals surface area contributed by atoms with E-state index in [-0.39, 0.29) is 5.41 Å². The number of aryl methyl sites for hydroxylation is 1. The fourth-order valence-corrected chi connectivity index (χ4v) is 9.82. The van der Waals surface area contributed by atoms with Gasteiger partial charge in [-0.25, -0.2) is 0 Å². The van der Waals surface area contributed by atoms with Crippen LogP contribution in [0.5, 0.6) is 0 Å². The molecule has 0 fully saturated rings. The van der Waals surface area contributed by atoms with Crippen molar-refractivity contribution in [3.63, 3.8) is 0 Å². The molecule has 2 nitrogen and oxygen atoms in total. The highest BCUT2D eigenvalue weighted by Crippen LogP contribution is 2.56. The number of rotatable bonds is 20. The maximum Gasteiger partial charge on any atom is 0.0556 e. The molecule has 3 aliphatic rings. The molecule has 0 spiro atoms. The van der Waals surface area contributed by atoms with Crippen LogP contribution in [0, 0.1) is 6.92 Å². The lowest BCUT2D eigenvalue weighted by molar-refractivity contribution is 0.398. The summed E-state index contributed by atoms with van der Waals surface area (Å²) in [6.45, 7) is 9.07. The number of hydrogen-bond donors (Lipinski definition) is 0. The predicted molar refractivity (Wildman–Crippen MR) is 248 cm³/mol. The van der Waals surface area contributed by atoms with Gasteiger partial charge in [0.1, 0.15) is 0 Å². The molecule has 4 aromatic rings. The predicted octanol–water partition coefficient (Wildman–Crippen LogP) is 16.5. The minimum absolute atomic E-state index is 0.0345. The molecule has 0 saturated heterocycles. The van der Waals surface area contributed by atoms with E-state index < -0.39 is 0 Å². The average molecular weight is 757 g/mol. The van der Waals surface area contributed by atoms with Crippen LogP contribution in [0.4, 0.5) is 22.7 Å². The fraction of sp³-hybridized carbons (Fsp3) is 0.418. The Morgan fingerprint density at radius 3 is 1.79 bits per heavy atom. The first-order chi connectivity index (χ1) is 28.0. The maximum absolute atomic E-state index is 2.69. The number of fused-ring (bicyclic) bond motifs is 3. The number of nitrogens with zero attached hydrogens (tertiary/aromatic N) is 2. The maximum atomic E-state index is 2.69. The minimum Gasteiger partial charge on any atom is -0.338 e. The zero-order valence-electron chi connectivity index (χ0n) is 35.6. The third-order valence-electron chi connectivity index (χ3n) is 13.0. The molecule has 0 saturated carbocycles. The lowest BCUT2D eigenvalue weighted by Gasteiger charge is -2.38. The molecule has 0 aromatic heterocycles. The van der Waals surface area contributed by atoms with E-state index >= 15 is 0 Å². The molecule has 2 heteroatoms. The molecule has 1 atom stereocenters. The molecule has 1 unspecified atom stereocenters. The molecule has 0 N–H and O–H groups in total. The summed E-state index contributed by atoms with van der Waals surface area (Å²) in [7, 11) is 0. The quantitative estimate of drug-likeness (QED) is 0.0829. The Labute approximate surface area is 346 Å². The van der Waals surface area contributed by atoms with Crippen LogP contribution in [-0.2, 0) is 5.41 Å². The van der Waals surface area contributed by atoms with Gasteiger partial charge in [0.2, 0.25) is 0 Å². The Bertz CT molecular complexity index is 2010. The molecule has 3 aliphatic carbocycles. The van der Waals surface area contributed by atoms with Crippen LogP contribution in [0.15, 0.2) is 139 Å². The van der Waals surface area contributed by atoms with Crippen molar-refractivity contribution in [2.75, 3.05) is 9.80 Å². The summed E-state index contributed by atoms with van der Waals surface area (Å²) in [5.74, 6) is 0. The fourth-order valence-electron chi connectivity index (χ4n) is 9.82. The molecular formula is C55H68N2. The third-order valence-corrected chi connectivity index (χ3v) is 13.0. The van der Waals surface area contributed by atoms with E-state index in [1.165, 1.54) is 141 Å². The van der Waals surface area contributed by atoms with Crippen molar-refractivity contribution in [1.29, 1.82) is 0 Å². The molecule has 298 valence electrons. The van der Waals surface area contributed by atoms with Crippen LogP contribution < -0.4 is 9.80 Å². The molecule has 7 rings (SSSR count). The number of allylic oxidation sites excluding steroid dienone is 6. The summed E-state index contributed by atoms with van der Waals surface area (Å²) in [4.78, 5) is 5.16. The van der Waals surface area contributed by atoms with Crippen molar-refractivity contribution in [2.45, 2.75) is 148 Å². The van der Waals surface area contributed by atoms with Gasteiger partial charge in [0, 0.05) is 33.9 Å². The van der Waals surface area contributed by atoms with Crippen molar-refractivity contribution < 1.29 is 0 Å². The Morgan fingerprint density at radius 2 is 1.19 bits per heavy atom. The van der Waals surface area contributed by atoms with Crippen LogP contribution in [0.3, 0.4) is 0 Å². The number of anilines is 4. The van der Waals surface area contributed by atoms with Crippen molar-refractivity contribution in [2.24, 2.45) is 0 Å². The average Bonchev–Trinajstić information content (AvgIpc) is 3.51. The smallest absolute Gasteiger partial charge is 0.0556 e. The van der Waals surface area contributed by atoms with Crippen LogP contribution in [0.2, 0.25) is 0 Å². The molecule has 0 amide bonds. The zero-order chi connectivity index (χ0) is 39.5. The highest BCUT2D eigenvalue weighted by Gasteiger charge is 2.43. The Hall–Kier alpha value is -4.56. The van der Waals surface area contributed by atoms with Gasteiger partial charge in [-0.15, -0.1) is 0 Å². The molecule has 4 aromatic carbocycles. The van der Waals surface area contributed by atoms with E-state index in [9.17, 15) is 0 Å². The SMILES string of the molecule is CCCCCCCCC1(CCCCCCCC)c2cc(N(c3ccccc3)c3ccc(C)cc3)ccc2-c2ccc(N(C3=CC=CCC3)C3C=CC(C)=CC3)cc21. The van der Waals surface area contributed by atoms with Gasteiger partial charge >= 0.3 is 0 Å². The van der Waals surface area contributed by atoms with Gasteiger partial charge in [0.05, 0.1) is 6.04 Å². The lowest BCUT2D eigenvalue weighted by atomic mass is 9.70. The van der Waals surface area contributed by atoms with Gasteiger partial charge in [-0.1, -0.05) is 175 Å². The number of hydrogen-bond acceptors (Lipinski definition) is 2. The van der Waals surface area contributed by atoms with Crippen molar-refractivity contribution in [3.05, 3.63) is 155 Å². The van der Waals surface area contributed by atoms with Gasteiger partial charge in [-0.2, -0.15) is 0 Å². The van der Waals surface area contributed by atoms with Crippen LogP contribution >= 0.6 is 0 Å². The molecular weight excluding hydrogens is 689 g/mol. The molecule has 0 radical (unpaired) electrons. The largest absolute Gasteiger partial charge is 0.338 e. The molecule has 0 bridgehead atoms. The first kappa shape index (κ1) is 40.6. The normalized spacial score (nSPS) is 16.5. The Balaban J connectivity index is 1.36. The van der Waals surface area contributed by atoms with Crippen LogP contribution in [-0.4, -0.2) is 6.04 Å². The summed E-state index contributed by atoms with van der Waals surface area (Å²) >= 11 is 0. The Morgan fingerprint density at radius 1 is 0.614 bits per heavy atom. The van der Waals surface area contributed by atoms with Gasteiger partial charge in [-0.05, 0) is 123 Å². The topological polar surface area (TPSA) is 6.48 Å². The zero-order valence-corrected chi connectivity index (χ0v) is 35.6. The lowest BCUT2D eigenvalue weighted by Crippen LogP contribution is -2.34. The van der Waals surface area contributed by atoms with Crippen molar-refractivity contribution >= 4 is 22.7 Å². The number of para-hydroxylation sites is 1. The van der Waals surface area contributed by atoms with E-state index in [0.717, 1.165) is 19.3 Å². The molecule has 0 aliphatic heterocycles. The highest BCUT2D eigenvalue weighted by atomic mass is 15.2. The van der Waals surface area contributed by atoms with Gasteiger partial charge in [0.15, 0.2) is 0 Å². The van der Waals surface area contributed by atoms with Crippen molar-refractivity contribution in [3.8, 4) is 11.1 Å². The van der Waals surface area contributed by atoms with Crippen LogP contribution in [0.1, 0.15) is 147 Å². The standard InChI is InChI=1S/C55H68N2/c1-5-7-9-11-13-21-39-55(40-22-14-12-10-8-6-2)53-41-49(56(45-23-17-15-18-24-45)47-31-27-43(3)28-32-47)35-37-51(53)52-38-36-50(42-54(52)55)57(46-25-19-16-20-26-46)48-33-29-44(4)30-34-48/h15-19,23-25,27-33,35-38,41-42,48H,5-14,20-22,26,34,39-40H2,1-4H3. The summed E-state index contributed by atoms with van der Waals surface area (Å²) in [5.41, 5.74) is 15.1. The van der Waals surface area contributed by atoms with E-state index in [0.29, 0.717) is 6.04 Å². The second-order valence-electron chi connectivity index (χ2n) is 17.2. The number of benzene rings is 4. The van der Waals surface area contributed by atoms with Gasteiger partial charge in [0.25, 0.3) is 0 Å². The minimum atomic E-state index is -0.0345.